The molecule has 1 aromatic carbocycles. The highest BCUT2D eigenvalue weighted by molar-refractivity contribution is 5.80. The molecule has 1 aliphatic heterocycles. The molecule has 1 aromatic heterocycles. The second kappa shape index (κ2) is 7.65. The van der Waals surface area contributed by atoms with Gasteiger partial charge in [-0.2, -0.15) is 0 Å². The third-order valence-electron chi connectivity index (χ3n) is 4.42. The first kappa shape index (κ1) is 17.4. The van der Waals surface area contributed by atoms with Crippen LogP contribution in [-0.4, -0.2) is 45.8 Å². The van der Waals surface area contributed by atoms with Crippen LogP contribution in [0.25, 0.3) is 0 Å². The fourth-order valence-electron chi connectivity index (χ4n) is 2.98. The number of nitrogens with zero attached hydrogens (tertiary/aromatic N) is 4. The molecule has 1 atom stereocenters. The summed E-state index contributed by atoms with van der Waals surface area (Å²) in [5, 5.41) is 8.37. The van der Waals surface area contributed by atoms with Crippen LogP contribution in [0.1, 0.15) is 30.6 Å². The zero-order chi connectivity index (χ0) is 17.8. The third-order valence-corrected chi connectivity index (χ3v) is 4.42. The summed E-state index contributed by atoms with van der Waals surface area (Å²) in [7, 11) is 3.40. The van der Waals surface area contributed by atoms with Crippen molar-refractivity contribution >= 4 is 5.91 Å². The van der Waals surface area contributed by atoms with Gasteiger partial charge in [-0.05, 0) is 31.0 Å². The number of likely N-dealkylation sites (N-methyl/N-ethyl adjacent to an activating group) is 1. The van der Waals surface area contributed by atoms with Gasteiger partial charge in [0.2, 0.25) is 0 Å². The van der Waals surface area contributed by atoms with Crippen LogP contribution in [0.2, 0.25) is 0 Å². The standard InChI is InChI=1S/C18H24N4O3/c1-13(25-12-14-6-4-7-15(10-14)24-3)18(23)21(2)11-17-20-19-16-8-5-9-22(16)17/h4,6-7,10,13H,5,8-9,11-12H2,1-3H3/t13-/m1/s1. The minimum atomic E-state index is -0.530. The largest absolute Gasteiger partial charge is 0.497 e. The molecule has 0 N–H and O–H groups in total. The smallest absolute Gasteiger partial charge is 0.251 e. The molecule has 3 rings (SSSR count). The molecule has 0 radical (unpaired) electrons. The SMILES string of the molecule is COc1cccc(CO[C@H](C)C(=O)N(C)Cc2nnc3n2CCC3)c1. The first-order chi connectivity index (χ1) is 12.1. The molecule has 2 heterocycles. The molecule has 1 amide bonds. The Morgan fingerprint density at radius 2 is 2.24 bits per heavy atom. The van der Waals surface area contributed by atoms with Gasteiger partial charge in [0.15, 0.2) is 5.82 Å². The third kappa shape index (κ3) is 3.99. The predicted octanol–water partition coefficient (Wildman–Crippen LogP) is 1.80. The lowest BCUT2D eigenvalue weighted by Gasteiger charge is -2.21. The van der Waals surface area contributed by atoms with Gasteiger partial charge in [-0.1, -0.05) is 12.1 Å². The summed E-state index contributed by atoms with van der Waals surface area (Å²) < 4.78 is 13.0. The van der Waals surface area contributed by atoms with Crippen LogP contribution in [0.5, 0.6) is 5.75 Å². The van der Waals surface area contributed by atoms with Crippen LogP contribution in [0.3, 0.4) is 0 Å². The van der Waals surface area contributed by atoms with E-state index in [0.29, 0.717) is 13.2 Å². The van der Waals surface area contributed by atoms with Gasteiger partial charge in [0, 0.05) is 20.0 Å². The molecular weight excluding hydrogens is 320 g/mol. The number of hydrogen-bond donors (Lipinski definition) is 0. The topological polar surface area (TPSA) is 69.5 Å². The van der Waals surface area contributed by atoms with Crippen LogP contribution in [-0.2, 0) is 35.6 Å². The number of fused-ring (bicyclic) bond motifs is 1. The van der Waals surface area contributed by atoms with E-state index >= 15 is 0 Å². The molecule has 7 heteroatoms. The zero-order valence-corrected chi connectivity index (χ0v) is 14.9. The number of amides is 1. The van der Waals surface area contributed by atoms with Crippen molar-refractivity contribution in [3.05, 3.63) is 41.5 Å². The normalized spacial score (nSPS) is 14.2. The summed E-state index contributed by atoms with van der Waals surface area (Å²) in [5.74, 6) is 2.55. The number of carbonyl (C=O) groups excluding carboxylic acids is 1. The monoisotopic (exact) mass is 344 g/mol. The molecule has 0 fully saturated rings. The average Bonchev–Trinajstić information content (AvgIpc) is 3.24. The maximum Gasteiger partial charge on any atom is 0.251 e. The number of aryl methyl sites for hydroxylation is 1. The molecular formula is C18H24N4O3. The van der Waals surface area contributed by atoms with E-state index in [9.17, 15) is 4.79 Å². The van der Waals surface area contributed by atoms with Gasteiger partial charge in [-0.3, -0.25) is 4.79 Å². The predicted molar refractivity (Wildman–Crippen MR) is 92.1 cm³/mol. The Bertz CT molecular complexity index is 744. The summed E-state index contributed by atoms with van der Waals surface area (Å²) in [6, 6.07) is 7.63. The fourth-order valence-corrected chi connectivity index (χ4v) is 2.98. The maximum atomic E-state index is 12.5. The van der Waals surface area contributed by atoms with E-state index in [1.54, 1.807) is 26.0 Å². The van der Waals surface area contributed by atoms with Crippen LogP contribution >= 0.6 is 0 Å². The van der Waals surface area contributed by atoms with Gasteiger partial charge in [0.25, 0.3) is 5.91 Å². The number of aromatic nitrogens is 3. The van der Waals surface area contributed by atoms with E-state index in [4.69, 9.17) is 9.47 Å². The van der Waals surface area contributed by atoms with Gasteiger partial charge in [0.1, 0.15) is 17.7 Å². The lowest BCUT2D eigenvalue weighted by molar-refractivity contribution is -0.142. The van der Waals surface area contributed by atoms with Crippen LogP contribution < -0.4 is 4.74 Å². The van der Waals surface area contributed by atoms with Crippen LogP contribution in [0.4, 0.5) is 0 Å². The molecule has 2 aromatic rings. The number of hydrogen-bond acceptors (Lipinski definition) is 5. The Hall–Kier alpha value is -2.41. The van der Waals surface area contributed by atoms with Crippen molar-refractivity contribution in [3.63, 3.8) is 0 Å². The van der Waals surface area contributed by atoms with E-state index in [0.717, 1.165) is 42.3 Å². The number of rotatable bonds is 7. The maximum absolute atomic E-state index is 12.5. The highest BCUT2D eigenvalue weighted by Crippen LogP contribution is 2.16. The lowest BCUT2D eigenvalue weighted by atomic mass is 10.2. The molecule has 0 aliphatic carbocycles. The first-order valence-electron chi connectivity index (χ1n) is 8.49. The summed E-state index contributed by atoms with van der Waals surface area (Å²) in [6.07, 6.45) is 1.53. The van der Waals surface area contributed by atoms with Crippen LogP contribution in [0, 0.1) is 0 Å². The van der Waals surface area contributed by atoms with Gasteiger partial charge < -0.3 is 18.9 Å². The number of ether oxygens (including phenoxy) is 2. The Morgan fingerprint density at radius 1 is 1.40 bits per heavy atom. The summed E-state index contributed by atoms with van der Waals surface area (Å²) >= 11 is 0. The average molecular weight is 344 g/mol. The molecule has 134 valence electrons. The molecule has 0 saturated carbocycles. The Morgan fingerprint density at radius 3 is 3.04 bits per heavy atom. The molecule has 0 spiro atoms. The quantitative estimate of drug-likeness (QED) is 0.766. The summed E-state index contributed by atoms with van der Waals surface area (Å²) in [6.45, 7) is 3.51. The Labute approximate surface area is 147 Å². The van der Waals surface area contributed by atoms with E-state index in [2.05, 4.69) is 14.8 Å². The van der Waals surface area contributed by atoms with Gasteiger partial charge in [0.05, 0.1) is 20.3 Å². The van der Waals surface area contributed by atoms with Crippen molar-refractivity contribution in [1.82, 2.24) is 19.7 Å². The number of carbonyl (C=O) groups is 1. The zero-order valence-electron chi connectivity index (χ0n) is 14.9. The van der Waals surface area contributed by atoms with E-state index in [1.807, 2.05) is 24.3 Å². The minimum absolute atomic E-state index is 0.0711. The van der Waals surface area contributed by atoms with Gasteiger partial charge >= 0.3 is 0 Å². The summed E-state index contributed by atoms with van der Waals surface area (Å²) in [4.78, 5) is 14.2. The molecule has 0 bridgehead atoms. The van der Waals surface area contributed by atoms with E-state index < -0.39 is 6.10 Å². The molecule has 0 unspecified atom stereocenters. The van der Waals surface area contributed by atoms with Crippen molar-refractivity contribution in [2.75, 3.05) is 14.2 Å². The van der Waals surface area contributed by atoms with Crippen molar-refractivity contribution in [2.45, 2.75) is 45.6 Å². The van der Waals surface area contributed by atoms with Crippen molar-refractivity contribution in [3.8, 4) is 5.75 Å². The highest BCUT2D eigenvalue weighted by Gasteiger charge is 2.23. The Kier molecular flexibility index (Phi) is 5.33. The highest BCUT2D eigenvalue weighted by atomic mass is 16.5. The molecule has 7 nitrogen and oxygen atoms in total. The van der Waals surface area contributed by atoms with E-state index in [1.165, 1.54) is 0 Å². The van der Waals surface area contributed by atoms with Crippen LogP contribution in [0.15, 0.2) is 24.3 Å². The lowest BCUT2D eigenvalue weighted by Crippen LogP contribution is -2.36. The second-order valence-electron chi connectivity index (χ2n) is 6.29. The number of methoxy groups -OCH3 is 1. The van der Waals surface area contributed by atoms with Gasteiger partial charge in [-0.25, -0.2) is 0 Å². The molecule has 0 saturated heterocycles. The second-order valence-corrected chi connectivity index (χ2v) is 6.29. The fraction of sp³-hybridized carbons (Fsp3) is 0.500. The van der Waals surface area contributed by atoms with Crippen molar-refractivity contribution < 1.29 is 14.3 Å². The van der Waals surface area contributed by atoms with E-state index in [-0.39, 0.29) is 5.91 Å². The Balaban J connectivity index is 1.54. The van der Waals surface area contributed by atoms with Gasteiger partial charge in [-0.15, -0.1) is 10.2 Å². The molecule has 25 heavy (non-hydrogen) atoms. The minimum Gasteiger partial charge on any atom is -0.497 e. The van der Waals surface area contributed by atoms with Crippen molar-refractivity contribution in [1.29, 1.82) is 0 Å². The number of benzene rings is 1. The summed E-state index contributed by atoms with van der Waals surface area (Å²) in [5.41, 5.74) is 0.969. The first-order valence-corrected chi connectivity index (χ1v) is 8.49. The molecule has 1 aliphatic rings. The van der Waals surface area contributed by atoms with Crippen molar-refractivity contribution in [2.24, 2.45) is 0 Å².